The van der Waals surface area contributed by atoms with Crippen LogP contribution in [-0.2, 0) is 0 Å². The van der Waals surface area contributed by atoms with E-state index in [1.165, 1.54) is 13.0 Å². The molecule has 1 radical (unpaired) electrons. The smallest absolute Gasteiger partial charge is 0.0217 e. The lowest BCUT2D eigenvalue weighted by Crippen LogP contribution is -2.20. The summed E-state index contributed by atoms with van der Waals surface area (Å²) in [5.41, 5.74) is 0. The summed E-state index contributed by atoms with van der Waals surface area (Å²) < 4.78 is 0. The van der Waals surface area contributed by atoms with Gasteiger partial charge in [0.15, 0.2) is 0 Å². The van der Waals surface area contributed by atoms with E-state index in [1.807, 2.05) is 0 Å². The SMILES string of the molecule is C[CH]N(C)CCCN(C)C. The quantitative estimate of drug-likeness (QED) is 0.567. The molecule has 0 aliphatic carbocycles. The van der Waals surface area contributed by atoms with Crippen LogP contribution >= 0.6 is 0 Å². The molecule has 0 spiro atoms. The first kappa shape index (κ1) is 9.92. The van der Waals surface area contributed by atoms with Crippen molar-refractivity contribution in [3.63, 3.8) is 0 Å². The van der Waals surface area contributed by atoms with Gasteiger partial charge in [-0.1, -0.05) is 0 Å². The van der Waals surface area contributed by atoms with E-state index in [2.05, 4.69) is 44.4 Å². The van der Waals surface area contributed by atoms with E-state index in [4.69, 9.17) is 0 Å². The second kappa shape index (κ2) is 5.69. The molecular formula is C8H19N2. The van der Waals surface area contributed by atoms with Gasteiger partial charge in [-0.25, -0.2) is 0 Å². The predicted molar refractivity (Wildman–Crippen MR) is 45.8 cm³/mol. The Balaban J connectivity index is 3.03. The Bertz CT molecular complexity index is 71.7. The van der Waals surface area contributed by atoms with Crippen molar-refractivity contribution in [2.45, 2.75) is 13.3 Å². The van der Waals surface area contributed by atoms with E-state index >= 15 is 0 Å². The molecule has 10 heavy (non-hydrogen) atoms. The van der Waals surface area contributed by atoms with Crippen LogP contribution in [-0.4, -0.2) is 44.0 Å². The molecule has 0 N–H and O–H groups in total. The standard InChI is InChI=1S/C8H19N2/c1-5-10(4)8-6-7-9(2)3/h5H,6-8H2,1-4H3. The fourth-order valence-electron chi connectivity index (χ4n) is 0.765. The topological polar surface area (TPSA) is 6.48 Å². The molecule has 0 amide bonds. The highest BCUT2D eigenvalue weighted by atomic mass is 15.1. The van der Waals surface area contributed by atoms with Crippen LogP contribution in [0.25, 0.3) is 0 Å². The van der Waals surface area contributed by atoms with Crippen LogP contribution in [0, 0.1) is 6.54 Å². The Morgan fingerprint density at radius 2 is 1.70 bits per heavy atom. The molecule has 0 saturated heterocycles. The lowest BCUT2D eigenvalue weighted by atomic mass is 10.4. The molecule has 0 aromatic heterocycles. The van der Waals surface area contributed by atoms with Crippen molar-refractivity contribution in [1.82, 2.24) is 9.80 Å². The summed E-state index contributed by atoms with van der Waals surface area (Å²) in [5, 5.41) is 0. The van der Waals surface area contributed by atoms with Gasteiger partial charge < -0.3 is 9.80 Å². The molecule has 0 aliphatic heterocycles. The molecule has 2 heteroatoms. The summed E-state index contributed by atoms with van der Waals surface area (Å²) in [6.07, 6.45) is 1.24. The second-order valence-electron chi connectivity index (χ2n) is 2.90. The number of rotatable bonds is 5. The van der Waals surface area contributed by atoms with Crippen LogP contribution in [0.3, 0.4) is 0 Å². The third kappa shape index (κ3) is 6.05. The van der Waals surface area contributed by atoms with Crippen molar-refractivity contribution in [3.8, 4) is 0 Å². The summed E-state index contributed by atoms with van der Waals surface area (Å²) in [6, 6.07) is 0. The van der Waals surface area contributed by atoms with E-state index in [0.29, 0.717) is 0 Å². The largest absolute Gasteiger partial charge is 0.309 e. The molecule has 0 fully saturated rings. The minimum atomic E-state index is 1.16. The van der Waals surface area contributed by atoms with Crippen molar-refractivity contribution in [2.24, 2.45) is 0 Å². The van der Waals surface area contributed by atoms with Crippen LogP contribution in [0.5, 0.6) is 0 Å². The molecule has 0 aliphatic rings. The maximum absolute atomic E-state index is 2.21. The third-order valence-corrected chi connectivity index (χ3v) is 1.56. The molecule has 0 aromatic rings. The Labute approximate surface area is 64.8 Å². The predicted octanol–water partition coefficient (Wildman–Crippen LogP) is 1.05. The number of nitrogens with zero attached hydrogens (tertiary/aromatic N) is 2. The molecule has 0 saturated carbocycles. The third-order valence-electron chi connectivity index (χ3n) is 1.56. The van der Waals surface area contributed by atoms with Crippen LogP contribution in [0.1, 0.15) is 13.3 Å². The fraction of sp³-hybridized carbons (Fsp3) is 0.875. The summed E-state index contributed by atoms with van der Waals surface area (Å²) in [4.78, 5) is 4.42. The highest BCUT2D eigenvalue weighted by molar-refractivity contribution is 4.57. The number of hydrogen-bond acceptors (Lipinski definition) is 2. The zero-order valence-corrected chi connectivity index (χ0v) is 7.59. The Hall–Kier alpha value is -0.0800. The normalized spacial score (nSPS) is 11.4. The Morgan fingerprint density at radius 1 is 1.10 bits per heavy atom. The molecular weight excluding hydrogens is 124 g/mol. The molecule has 61 valence electrons. The zero-order chi connectivity index (χ0) is 7.98. The Kier molecular flexibility index (Phi) is 5.64. The van der Waals surface area contributed by atoms with Gasteiger partial charge in [-0.3, -0.25) is 0 Å². The van der Waals surface area contributed by atoms with Gasteiger partial charge >= 0.3 is 0 Å². The van der Waals surface area contributed by atoms with E-state index in [-0.39, 0.29) is 0 Å². The van der Waals surface area contributed by atoms with E-state index < -0.39 is 0 Å². The second-order valence-corrected chi connectivity index (χ2v) is 2.90. The van der Waals surface area contributed by atoms with Crippen molar-refractivity contribution in [1.29, 1.82) is 0 Å². The van der Waals surface area contributed by atoms with Crippen LogP contribution in [0.4, 0.5) is 0 Å². The van der Waals surface area contributed by atoms with Gasteiger partial charge in [-0.15, -0.1) is 0 Å². The maximum Gasteiger partial charge on any atom is 0.0217 e. The first-order valence-corrected chi connectivity index (χ1v) is 3.81. The fourth-order valence-corrected chi connectivity index (χ4v) is 0.765. The molecule has 0 unspecified atom stereocenters. The molecule has 0 rings (SSSR count). The molecule has 0 aromatic carbocycles. The van der Waals surface area contributed by atoms with Gasteiger partial charge in [-0.2, -0.15) is 0 Å². The summed E-state index contributed by atoms with van der Waals surface area (Å²) >= 11 is 0. The van der Waals surface area contributed by atoms with Crippen LogP contribution in [0.15, 0.2) is 0 Å². The lowest BCUT2D eigenvalue weighted by Gasteiger charge is -2.15. The summed E-state index contributed by atoms with van der Waals surface area (Å²) in [7, 11) is 6.32. The monoisotopic (exact) mass is 143 g/mol. The minimum absolute atomic E-state index is 1.16. The summed E-state index contributed by atoms with van der Waals surface area (Å²) in [5.74, 6) is 0. The van der Waals surface area contributed by atoms with Gasteiger partial charge in [0.1, 0.15) is 0 Å². The van der Waals surface area contributed by atoms with Gasteiger partial charge in [0, 0.05) is 6.54 Å². The van der Waals surface area contributed by atoms with Gasteiger partial charge in [0.2, 0.25) is 0 Å². The van der Waals surface area contributed by atoms with Crippen molar-refractivity contribution in [2.75, 3.05) is 34.2 Å². The van der Waals surface area contributed by atoms with E-state index in [9.17, 15) is 0 Å². The zero-order valence-electron chi connectivity index (χ0n) is 7.59. The van der Waals surface area contributed by atoms with Gasteiger partial charge in [-0.05, 0) is 47.6 Å². The van der Waals surface area contributed by atoms with E-state index in [1.54, 1.807) is 0 Å². The molecule has 0 bridgehead atoms. The average Bonchev–Trinajstić information content (AvgIpc) is 1.87. The number of hydrogen-bond donors (Lipinski definition) is 0. The first-order chi connectivity index (χ1) is 4.66. The minimum Gasteiger partial charge on any atom is -0.309 e. The first-order valence-electron chi connectivity index (χ1n) is 3.81. The van der Waals surface area contributed by atoms with Crippen LogP contribution < -0.4 is 0 Å². The molecule has 2 nitrogen and oxygen atoms in total. The van der Waals surface area contributed by atoms with Crippen LogP contribution in [0.2, 0.25) is 0 Å². The highest BCUT2D eigenvalue weighted by Crippen LogP contribution is 1.90. The highest BCUT2D eigenvalue weighted by Gasteiger charge is 1.94. The molecule has 0 heterocycles. The van der Waals surface area contributed by atoms with Crippen molar-refractivity contribution < 1.29 is 0 Å². The van der Waals surface area contributed by atoms with Gasteiger partial charge in [0.25, 0.3) is 0 Å². The Morgan fingerprint density at radius 3 is 2.10 bits per heavy atom. The maximum atomic E-state index is 2.21. The van der Waals surface area contributed by atoms with Crippen molar-refractivity contribution in [3.05, 3.63) is 6.54 Å². The van der Waals surface area contributed by atoms with E-state index in [0.717, 1.165) is 6.54 Å². The lowest BCUT2D eigenvalue weighted by molar-refractivity contribution is 0.341. The molecule has 0 atom stereocenters. The van der Waals surface area contributed by atoms with Crippen molar-refractivity contribution >= 4 is 0 Å². The van der Waals surface area contributed by atoms with Gasteiger partial charge in [0.05, 0.1) is 0 Å². The summed E-state index contributed by atoms with van der Waals surface area (Å²) in [6.45, 7) is 6.51. The average molecular weight is 143 g/mol.